The van der Waals surface area contributed by atoms with Gasteiger partial charge in [-0.2, -0.15) is 0 Å². The zero-order valence-corrected chi connectivity index (χ0v) is 9.45. The standard InChI is InChI=1S/C10H11NO4S/c1-16(14,15)11-9-4-2-3-8(5-9)6-10(13)7-12/h2-5,7,11H,6H2,1H3. The Labute approximate surface area is 93.5 Å². The van der Waals surface area contributed by atoms with Gasteiger partial charge in [-0.25, -0.2) is 8.42 Å². The van der Waals surface area contributed by atoms with Crippen LogP contribution < -0.4 is 4.72 Å². The van der Waals surface area contributed by atoms with E-state index in [2.05, 4.69) is 4.72 Å². The summed E-state index contributed by atoms with van der Waals surface area (Å²) in [5, 5.41) is 0. The van der Waals surface area contributed by atoms with Crippen LogP contribution >= 0.6 is 0 Å². The average molecular weight is 241 g/mol. The van der Waals surface area contributed by atoms with Crippen LogP contribution in [0.15, 0.2) is 24.3 Å². The van der Waals surface area contributed by atoms with Crippen LogP contribution in [0.25, 0.3) is 0 Å². The largest absolute Gasteiger partial charge is 0.295 e. The molecule has 1 aromatic carbocycles. The van der Waals surface area contributed by atoms with Gasteiger partial charge in [-0.1, -0.05) is 12.1 Å². The third-order valence-electron chi connectivity index (χ3n) is 1.74. The lowest BCUT2D eigenvalue weighted by atomic mass is 10.1. The third kappa shape index (κ3) is 4.22. The van der Waals surface area contributed by atoms with Crippen molar-refractivity contribution in [3.05, 3.63) is 29.8 Å². The maximum absolute atomic E-state index is 11.0. The van der Waals surface area contributed by atoms with Crippen LogP contribution in [0.3, 0.4) is 0 Å². The molecule has 0 fully saturated rings. The van der Waals surface area contributed by atoms with Gasteiger partial charge in [0.05, 0.1) is 6.26 Å². The van der Waals surface area contributed by atoms with E-state index in [-0.39, 0.29) is 12.7 Å². The summed E-state index contributed by atoms with van der Waals surface area (Å²) in [7, 11) is -3.33. The number of hydrogen-bond acceptors (Lipinski definition) is 4. The summed E-state index contributed by atoms with van der Waals surface area (Å²) >= 11 is 0. The van der Waals surface area contributed by atoms with Crippen LogP contribution in [-0.4, -0.2) is 26.7 Å². The summed E-state index contributed by atoms with van der Waals surface area (Å²) in [5.41, 5.74) is 0.962. The lowest BCUT2D eigenvalue weighted by Crippen LogP contribution is -2.10. The molecular formula is C10H11NO4S. The van der Waals surface area contributed by atoms with Crippen molar-refractivity contribution in [3.8, 4) is 0 Å². The fourth-order valence-corrected chi connectivity index (χ4v) is 1.76. The molecule has 0 aliphatic heterocycles. The summed E-state index contributed by atoms with van der Waals surface area (Å²) in [6.07, 6.45) is 1.26. The first-order valence-electron chi connectivity index (χ1n) is 4.45. The van der Waals surface area contributed by atoms with E-state index in [4.69, 9.17) is 0 Å². The Morgan fingerprint density at radius 3 is 2.69 bits per heavy atom. The molecule has 0 aliphatic carbocycles. The first-order valence-corrected chi connectivity index (χ1v) is 6.34. The molecule has 0 saturated heterocycles. The number of carbonyl (C=O) groups is 2. The van der Waals surface area contributed by atoms with Crippen LogP contribution in [0, 0.1) is 0 Å². The second-order valence-corrected chi connectivity index (χ2v) is 5.08. The van der Waals surface area contributed by atoms with Crippen molar-refractivity contribution in [1.82, 2.24) is 0 Å². The first kappa shape index (κ1) is 12.4. The molecule has 1 rings (SSSR count). The molecule has 0 amide bonds. The van der Waals surface area contributed by atoms with Gasteiger partial charge in [0.15, 0.2) is 12.1 Å². The summed E-state index contributed by atoms with van der Waals surface area (Å²) in [5.74, 6) is -0.545. The molecule has 5 nitrogen and oxygen atoms in total. The molecule has 0 aromatic heterocycles. The van der Waals surface area contributed by atoms with Gasteiger partial charge in [0.2, 0.25) is 10.0 Å². The second-order valence-electron chi connectivity index (χ2n) is 3.34. The lowest BCUT2D eigenvalue weighted by Gasteiger charge is -2.05. The quantitative estimate of drug-likeness (QED) is 0.596. The van der Waals surface area contributed by atoms with E-state index in [9.17, 15) is 18.0 Å². The minimum Gasteiger partial charge on any atom is -0.295 e. The van der Waals surface area contributed by atoms with Crippen molar-refractivity contribution in [2.75, 3.05) is 11.0 Å². The molecule has 16 heavy (non-hydrogen) atoms. The number of Topliss-reactive ketones (excluding diaryl/α,β-unsaturated/α-hetero) is 1. The van der Waals surface area contributed by atoms with Gasteiger partial charge in [-0.05, 0) is 17.7 Å². The summed E-state index contributed by atoms with van der Waals surface area (Å²) < 4.78 is 24.2. The number of hydrogen-bond donors (Lipinski definition) is 1. The smallest absolute Gasteiger partial charge is 0.229 e. The minimum absolute atomic E-state index is 0.0250. The Bertz CT molecular complexity index is 507. The van der Waals surface area contributed by atoms with Crippen molar-refractivity contribution in [2.24, 2.45) is 0 Å². The van der Waals surface area contributed by atoms with Crippen LogP contribution in [0.5, 0.6) is 0 Å². The van der Waals surface area contributed by atoms with Crippen LogP contribution in [0.1, 0.15) is 5.56 Å². The number of rotatable bonds is 5. The van der Waals surface area contributed by atoms with Crippen molar-refractivity contribution >= 4 is 27.8 Å². The Hall–Kier alpha value is -1.69. The zero-order valence-electron chi connectivity index (χ0n) is 8.64. The summed E-state index contributed by atoms with van der Waals surface area (Å²) in [6, 6.07) is 6.34. The first-order chi connectivity index (χ1) is 7.40. The van der Waals surface area contributed by atoms with Crippen molar-refractivity contribution in [3.63, 3.8) is 0 Å². The van der Waals surface area contributed by atoms with E-state index in [1.807, 2.05) is 0 Å². The monoisotopic (exact) mass is 241 g/mol. The molecule has 0 spiro atoms. The molecule has 86 valence electrons. The molecule has 0 saturated carbocycles. The number of anilines is 1. The van der Waals surface area contributed by atoms with Gasteiger partial charge in [0, 0.05) is 12.1 Å². The maximum atomic E-state index is 11.0. The molecule has 0 unspecified atom stereocenters. The Morgan fingerprint density at radius 2 is 2.12 bits per heavy atom. The minimum atomic E-state index is -3.33. The average Bonchev–Trinajstić information content (AvgIpc) is 2.15. The molecule has 1 N–H and O–H groups in total. The number of aldehydes is 1. The predicted molar refractivity (Wildman–Crippen MR) is 59.7 cm³/mol. The second kappa shape index (κ2) is 4.89. The van der Waals surface area contributed by atoms with Crippen molar-refractivity contribution in [1.29, 1.82) is 0 Å². The number of benzene rings is 1. The molecule has 0 heterocycles. The molecule has 0 bridgehead atoms. The number of ketones is 1. The molecule has 6 heteroatoms. The molecule has 1 aromatic rings. The van der Waals surface area contributed by atoms with Crippen molar-refractivity contribution in [2.45, 2.75) is 6.42 Å². The fourth-order valence-electron chi connectivity index (χ4n) is 1.20. The highest BCUT2D eigenvalue weighted by atomic mass is 32.2. The van der Waals surface area contributed by atoms with E-state index >= 15 is 0 Å². The SMILES string of the molecule is CS(=O)(=O)Nc1cccc(CC(=O)C=O)c1. The van der Waals surface area contributed by atoms with E-state index in [1.54, 1.807) is 18.2 Å². The molecule has 0 aliphatic rings. The maximum Gasteiger partial charge on any atom is 0.229 e. The van der Waals surface area contributed by atoms with Gasteiger partial charge in [-0.15, -0.1) is 0 Å². The van der Waals surface area contributed by atoms with Gasteiger partial charge in [-0.3, -0.25) is 14.3 Å². The summed E-state index contributed by atoms with van der Waals surface area (Å²) in [6.45, 7) is 0. The highest BCUT2D eigenvalue weighted by Gasteiger charge is 2.05. The lowest BCUT2D eigenvalue weighted by molar-refractivity contribution is -0.129. The topological polar surface area (TPSA) is 80.3 Å². The summed E-state index contributed by atoms with van der Waals surface area (Å²) in [4.78, 5) is 21.0. The Balaban J connectivity index is 2.87. The molecular weight excluding hydrogens is 230 g/mol. The normalized spacial score (nSPS) is 10.8. The van der Waals surface area contributed by atoms with Crippen molar-refractivity contribution < 1.29 is 18.0 Å². The molecule has 0 radical (unpaired) electrons. The number of sulfonamides is 1. The van der Waals surface area contributed by atoms with Gasteiger partial charge in [0.25, 0.3) is 0 Å². The highest BCUT2D eigenvalue weighted by molar-refractivity contribution is 7.92. The zero-order chi connectivity index (χ0) is 12.2. The van der Waals surface area contributed by atoms with E-state index < -0.39 is 15.8 Å². The van der Waals surface area contributed by atoms with Crippen LogP contribution in [0.2, 0.25) is 0 Å². The van der Waals surface area contributed by atoms with Gasteiger partial charge >= 0.3 is 0 Å². The predicted octanol–water partition coefficient (Wildman–Crippen LogP) is 0.369. The van der Waals surface area contributed by atoms with E-state index in [0.717, 1.165) is 6.26 Å². The van der Waals surface area contributed by atoms with Gasteiger partial charge in [0.1, 0.15) is 0 Å². The van der Waals surface area contributed by atoms with Crippen LogP contribution in [0.4, 0.5) is 5.69 Å². The number of nitrogens with one attached hydrogen (secondary N) is 1. The molecule has 0 atom stereocenters. The van der Waals surface area contributed by atoms with E-state index in [1.165, 1.54) is 6.07 Å². The Kier molecular flexibility index (Phi) is 3.78. The Morgan fingerprint density at radius 1 is 1.44 bits per heavy atom. The van der Waals surface area contributed by atoms with Gasteiger partial charge < -0.3 is 0 Å². The number of carbonyl (C=O) groups excluding carboxylic acids is 2. The van der Waals surface area contributed by atoms with E-state index in [0.29, 0.717) is 11.3 Å². The van der Waals surface area contributed by atoms with Crippen LogP contribution in [-0.2, 0) is 26.0 Å². The third-order valence-corrected chi connectivity index (χ3v) is 2.35. The fraction of sp³-hybridized carbons (Fsp3) is 0.200. The highest BCUT2D eigenvalue weighted by Crippen LogP contribution is 2.12.